The van der Waals surface area contributed by atoms with Crippen LogP contribution in [-0.2, 0) is 0 Å². The zero-order valence-electron chi connectivity index (χ0n) is 13.3. The number of nitrogens with zero attached hydrogens (tertiary/aromatic N) is 2. The first-order valence-corrected chi connectivity index (χ1v) is 7.78. The zero-order valence-corrected chi connectivity index (χ0v) is 13.3. The van der Waals surface area contributed by atoms with Gasteiger partial charge in [-0.1, -0.05) is 0 Å². The van der Waals surface area contributed by atoms with Gasteiger partial charge in [0.2, 0.25) is 0 Å². The molecule has 5 nitrogen and oxygen atoms in total. The molecule has 0 aliphatic carbocycles. The Balaban J connectivity index is 1.96. The van der Waals surface area contributed by atoms with Crippen molar-refractivity contribution in [3.63, 3.8) is 0 Å². The lowest BCUT2D eigenvalue weighted by atomic mass is 9.94. The summed E-state index contributed by atoms with van der Waals surface area (Å²) < 4.78 is 11.9. The minimum Gasteiger partial charge on any atom is -0.491 e. The number of rotatable bonds is 4. The molecule has 1 saturated heterocycles. The van der Waals surface area contributed by atoms with E-state index in [1.165, 1.54) is 12.1 Å². The molecule has 5 heteroatoms. The Morgan fingerprint density at radius 3 is 2.73 bits per heavy atom. The Kier molecular flexibility index (Phi) is 4.18. The Hall–Kier alpha value is -1.85. The minimum absolute atomic E-state index is 0.648. The molecule has 2 heterocycles. The van der Waals surface area contributed by atoms with Crippen LogP contribution in [0.4, 0.5) is 5.69 Å². The van der Waals surface area contributed by atoms with Crippen LogP contribution in [0.25, 0.3) is 11.3 Å². The van der Waals surface area contributed by atoms with E-state index in [2.05, 4.69) is 18.1 Å². The van der Waals surface area contributed by atoms with Gasteiger partial charge in [-0.2, -0.15) is 0 Å². The fraction of sp³-hybridized carbons (Fsp3) is 0.471. The molecule has 1 aromatic carbocycles. The number of aromatic nitrogens is 1. The summed E-state index contributed by atoms with van der Waals surface area (Å²) >= 11 is 0. The van der Waals surface area contributed by atoms with Gasteiger partial charge in [0, 0.05) is 24.5 Å². The van der Waals surface area contributed by atoms with Gasteiger partial charge in [0.05, 0.1) is 33.4 Å². The van der Waals surface area contributed by atoms with Crippen LogP contribution in [0, 0.1) is 5.92 Å². The third-order valence-corrected chi connectivity index (χ3v) is 4.87. The third-order valence-electron chi connectivity index (χ3n) is 4.87. The van der Waals surface area contributed by atoms with Crippen LogP contribution in [0.3, 0.4) is 0 Å². The number of benzene rings is 1. The topological polar surface area (TPSA) is 61.3 Å². The molecule has 1 aliphatic rings. The SMILES string of the molecule is COc1ccc(-c2cnco2)cc1[N+]1(C)CCC(CN)CC1. The lowest BCUT2D eigenvalue weighted by Crippen LogP contribution is -2.51. The highest BCUT2D eigenvalue weighted by molar-refractivity contribution is 5.68. The lowest BCUT2D eigenvalue weighted by Gasteiger charge is -2.40. The summed E-state index contributed by atoms with van der Waals surface area (Å²) in [5, 5.41) is 0. The van der Waals surface area contributed by atoms with Crippen molar-refractivity contribution >= 4 is 5.69 Å². The Bertz CT molecular complexity index is 617. The average molecular weight is 302 g/mol. The van der Waals surface area contributed by atoms with E-state index in [9.17, 15) is 0 Å². The van der Waals surface area contributed by atoms with Gasteiger partial charge < -0.3 is 14.9 Å². The van der Waals surface area contributed by atoms with Crippen molar-refractivity contribution in [2.75, 3.05) is 33.8 Å². The second-order valence-corrected chi connectivity index (χ2v) is 6.27. The van der Waals surface area contributed by atoms with Crippen LogP contribution in [0.15, 0.2) is 35.2 Å². The fourth-order valence-electron chi connectivity index (χ4n) is 3.29. The monoisotopic (exact) mass is 302 g/mol. The quantitative estimate of drug-likeness (QED) is 0.882. The summed E-state index contributed by atoms with van der Waals surface area (Å²) in [6.45, 7) is 2.95. The van der Waals surface area contributed by atoms with Gasteiger partial charge in [0.25, 0.3) is 0 Å². The molecule has 0 bridgehead atoms. The summed E-state index contributed by atoms with van der Waals surface area (Å²) in [4.78, 5) is 4.00. The van der Waals surface area contributed by atoms with Crippen molar-refractivity contribution in [3.8, 4) is 17.1 Å². The highest BCUT2D eigenvalue weighted by atomic mass is 16.5. The van der Waals surface area contributed by atoms with Gasteiger partial charge in [-0.3, -0.25) is 4.48 Å². The Morgan fingerprint density at radius 1 is 1.36 bits per heavy atom. The summed E-state index contributed by atoms with van der Waals surface area (Å²) in [6.07, 6.45) is 5.51. The standard InChI is InChI=1S/C17H24N3O2/c1-20(7-5-13(10-18)6-8-20)15-9-14(3-4-16(15)21-2)17-11-19-12-22-17/h3-4,9,11-13H,5-8,10,18H2,1-2H3/q+1. The number of likely N-dealkylation sites (tertiary alicyclic amines) is 1. The van der Waals surface area contributed by atoms with Crippen molar-refractivity contribution in [1.82, 2.24) is 9.47 Å². The van der Waals surface area contributed by atoms with E-state index in [1.807, 2.05) is 12.1 Å². The minimum atomic E-state index is 0.648. The number of piperidine rings is 1. The van der Waals surface area contributed by atoms with Crippen molar-refractivity contribution in [3.05, 3.63) is 30.8 Å². The Labute approximate surface area is 131 Å². The summed E-state index contributed by atoms with van der Waals surface area (Å²) in [7, 11) is 4.00. The second-order valence-electron chi connectivity index (χ2n) is 6.27. The highest BCUT2D eigenvalue weighted by Crippen LogP contribution is 2.39. The van der Waals surface area contributed by atoms with Crippen LogP contribution < -0.4 is 15.0 Å². The molecule has 22 heavy (non-hydrogen) atoms. The van der Waals surface area contributed by atoms with Gasteiger partial charge in [-0.15, -0.1) is 0 Å². The van der Waals surface area contributed by atoms with Gasteiger partial charge >= 0.3 is 0 Å². The highest BCUT2D eigenvalue weighted by Gasteiger charge is 2.34. The number of hydrogen-bond acceptors (Lipinski definition) is 4. The molecule has 1 aromatic heterocycles. The molecule has 1 aliphatic heterocycles. The van der Waals surface area contributed by atoms with E-state index in [0.29, 0.717) is 5.92 Å². The van der Waals surface area contributed by atoms with E-state index in [0.717, 1.165) is 54.0 Å². The first-order chi connectivity index (χ1) is 10.7. The van der Waals surface area contributed by atoms with Gasteiger partial charge in [-0.05, 0) is 24.6 Å². The average Bonchev–Trinajstić information content (AvgIpc) is 3.09. The van der Waals surface area contributed by atoms with Crippen LogP contribution in [0.2, 0.25) is 0 Å². The molecule has 0 amide bonds. The molecular weight excluding hydrogens is 278 g/mol. The van der Waals surface area contributed by atoms with Crippen LogP contribution in [-0.4, -0.2) is 38.8 Å². The fourth-order valence-corrected chi connectivity index (χ4v) is 3.29. The maximum Gasteiger partial charge on any atom is 0.181 e. The van der Waals surface area contributed by atoms with Crippen molar-refractivity contribution in [2.45, 2.75) is 12.8 Å². The molecule has 2 N–H and O–H groups in total. The molecule has 118 valence electrons. The molecule has 0 atom stereocenters. The molecule has 3 rings (SSSR count). The largest absolute Gasteiger partial charge is 0.491 e. The zero-order chi connectivity index (χ0) is 15.6. The molecule has 0 spiro atoms. The predicted molar refractivity (Wildman–Crippen MR) is 87.7 cm³/mol. The summed E-state index contributed by atoms with van der Waals surface area (Å²) in [5.41, 5.74) is 8.06. The molecular formula is C17H24N3O2+. The van der Waals surface area contributed by atoms with E-state index in [-0.39, 0.29) is 0 Å². The van der Waals surface area contributed by atoms with Gasteiger partial charge in [-0.25, -0.2) is 4.98 Å². The van der Waals surface area contributed by atoms with Crippen molar-refractivity contribution in [1.29, 1.82) is 0 Å². The van der Waals surface area contributed by atoms with Crippen molar-refractivity contribution < 1.29 is 9.15 Å². The smallest absolute Gasteiger partial charge is 0.181 e. The first-order valence-electron chi connectivity index (χ1n) is 7.78. The number of ether oxygens (including phenoxy) is 1. The van der Waals surface area contributed by atoms with Crippen LogP contribution in [0.1, 0.15) is 12.8 Å². The van der Waals surface area contributed by atoms with Gasteiger partial charge in [0.15, 0.2) is 23.6 Å². The Morgan fingerprint density at radius 2 is 2.14 bits per heavy atom. The molecule has 1 fully saturated rings. The molecule has 2 aromatic rings. The molecule has 0 radical (unpaired) electrons. The van der Waals surface area contributed by atoms with E-state index >= 15 is 0 Å². The third kappa shape index (κ3) is 2.74. The number of oxazole rings is 1. The summed E-state index contributed by atoms with van der Waals surface area (Å²) in [5.74, 6) is 2.36. The molecule has 0 unspecified atom stereocenters. The van der Waals surface area contributed by atoms with Gasteiger partial charge in [0.1, 0.15) is 0 Å². The van der Waals surface area contributed by atoms with E-state index < -0.39 is 0 Å². The maximum atomic E-state index is 5.82. The lowest BCUT2D eigenvalue weighted by molar-refractivity contribution is 0.218. The van der Waals surface area contributed by atoms with E-state index in [4.69, 9.17) is 14.9 Å². The van der Waals surface area contributed by atoms with Crippen LogP contribution in [0.5, 0.6) is 5.75 Å². The number of methoxy groups -OCH3 is 1. The first kappa shape index (κ1) is 15.1. The summed E-state index contributed by atoms with van der Waals surface area (Å²) in [6, 6.07) is 6.20. The normalized spacial score (nSPS) is 25.1. The van der Waals surface area contributed by atoms with E-state index in [1.54, 1.807) is 13.3 Å². The number of quaternary nitrogens is 1. The van der Waals surface area contributed by atoms with Crippen LogP contribution >= 0.6 is 0 Å². The maximum absolute atomic E-state index is 5.82. The number of nitrogens with two attached hydrogens (primary N) is 1. The number of hydrogen-bond donors (Lipinski definition) is 1. The van der Waals surface area contributed by atoms with Crippen molar-refractivity contribution in [2.24, 2.45) is 11.7 Å². The molecule has 0 saturated carbocycles. The second kappa shape index (κ2) is 6.10. The predicted octanol–water partition coefficient (Wildman–Crippen LogP) is 2.66.